The molecule has 0 aromatic heterocycles. The second kappa shape index (κ2) is 7.74. The van der Waals surface area contributed by atoms with Gasteiger partial charge in [-0.15, -0.1) is 0 Å². The van der Waals surface area contributed by atoms with Crippen LogP contribution in [0.25, 0.3) is 0 Å². The Morgan fingerprint density at radius 1 is 1.33 bits per heavy atom. The molecular weight excluding hydrogens is 228 g/mol. The lowest BCUT2D eigenvalue weighted by Gasteiger charge is -2.37. The molecule has 0 aromatic rings. The van der Waals surface area contributed by atoms with Crippen LogP contribution in [0.5, 0.6) is 0 Å². The fraction of sp³-hybridized carbons (Fsp3) is 0.929. The molecule has 1 fully saturated rings. The van der Waals surface area contributed by atoms with Gasteiger partial charge in [0.1, 0.15) is 0 Å². The summed E-state index contributed by atoms with van der Waals surface area (Å²) in [4.78, 5) is 14.2. The van der Waals surface area contributed by atoms with Gasteiger partial charge in [-0.25, -0.2) is 0 Å². The summed E-state index contributed by atoms with van der Waals surface area (Å²) < 4.78 is 0. The van der Waals surface area contributed by atoms with Crippen molar-refractivity contribution in [1.29, 1.82) is 0 Å². The molecular formula is C14H28N2O2. The molecule has 106 valence electrons. The van der Waals surface area contributed by atoms with Crippen molar-refractivity contribution in [2.75, 3.05) is 26.2 Å². The van der Waals surface area contributed by atoms with Crippen molar-refractivity contribution in [3.8, 4) is 0 Å². The number of carbonyl (C=O) groups is 1. The fourth-order valence-corrected chi connectivity index (χ4v) is 2.91. The smallest absolute Gasteiger partial charge is 0.223 e. The summed E-state index contributed by atoms with van der Waals surface area (Å²) >= 11 is 0. The van der Waals surface area contributed by atoms with Crippen LogP contribution in [0.3, 0.4) is 0 Å². The third kappa shape index (κ3) is 4.25. The summed E-state index contributed by atoms with van der Waals surface area (Å²) in [6.45, 7) is 4.14. The van der Waals surface area contributed by atoms with E-state index in [1.54, 1.807) is 0 Å². The maximum absolute atomic E-state index is 12.3. The molecule has 0 aromatic carbocycles. The number of hydrogen-bond donors (Lipinski definition) is 2. The fourth-order valence-electron chi connectivity index (χ4n) is 2.91. The Hall–Kier alpha value is -0.610. The van der Waals surface area contributed by atoms with Gasteiger partial charge in [0.2, 0.25) is 5.91 Å². The maximum Gasteiger partial charge on any atom is 0.223 e. The lowest BCUT2D eigenvalue weighted by atomic mass is 9.71. The lowest BCUT2D eigenvalue weighted by molar-refractivity contribution is -0.134. The van der Waals surface area contributed by atoms with Crippen LogP contribution in [0, 0.1) is 5.41 Å². The monoisotopic (exact) mass is 256 g/mol. The molecule has 0 aliphatic heterocycles. The van der Waals surface area contributed by atoms with Crippen LogP contribution >= 0.6 is 0 Å². The number of aliphatic hydroxyl groups is 1. The average molecular weight is 256 g/mol. The van der Waals surface area contributed by atoms with Crippen molar-refractivity contribution < 1.29 is 9.90 Å². The molecule has 0 spiro atoms. The number of aliphatic hydroxyl groups excluding tert-OH is 1. The van der Waals surface area contributed by atoms with Crippen LogP contribution in [0.1, 0.15) is 51.9 Å². The van der Waals surface area contributed by atoms with E-state index in [4.69, 9.17) is 10.8 Å². The Labute approximate surface area is 111 Å². The van der Waals surface area contributed by atoms with E-state index >= 15 is 0 Å². The molecule has 0 radical (unpaired) electrons. The zero-order valence-corrected chi connectivity index (χ0v) is 11.7. The molecule has 1 rings (SSSR count). The van der Waals surface area contributed by atoms with Crippen LogP contribution in [-0.2, 0) is 4.79 Å². The van der Waals surface area contributed by atoms with Crippen LogP contribution < -0.4 is 5.73 Å². The summed E-state index contributed by atoms with van der Waals surface area (Å²) in [5.74, 6) is 0.207. The Balaban J connectivity index is 2.53. The van der Waals surface area contributed by atoms with Crippen LogP contribution in [0.4, 0.5) is 0 Å². The van der Waals surface area contributed by atoms with Gasteiger partial charge < -0.3 is 15.7 Å². The van der Waals surface area contributed by atoms with E-state index in [-0.39, 0.29) is 17.9 Å². The summed E-state index contributed by atoms with van der Waals surface area (Å²) in [5.41, 5.74) is 5.96. The highest BCUT2D eigenvalue weighted by molar-refractivity contribution is 5.77. The topological polar surface area (TPSA) is 66.6 Å². The lowest BCUT2D eigenvalue weighted by Crippen LogP contribution is -2.41. The number of nitrogens with two attached hydrogens (primary N) is 1. The minimum Gasteiger partial charge on any atom is -0.396 e. The average Bonchev–Trinajstić information content (AvgIpc) is 2.40. The molecule has 4 nitrogen and oxygen atoms in total. The van der Waals surface area contributed by atoms with Gasteiger partial charge in [-0.05, 0) is 38.1 Å². The second-order valence-corrected chi connectivity index (χ2v) is 5.49. The Bertz CT molecular complexity index is 250. The molecule has 0 unspecified atom stereocenters. The van der Waals surface area contributed by atoms with Gasteiger partial charge >= 0.3 is 0 Å². The second-order valence-electron chi connectivity index (χ2n) is 5.49. The highest BCUT2D eigenvalue weighted by Gasteiger charge is 2.34. The number of carbonyl (C=O) groups excluding carboxylic acids is 1. The normalized spacial score (nSPS) is 18.6. The van der Waals surface area contributed by atoms with Crippen molar-refractivity contribution in [3.63, 3.8) is 0 Å². The zero-order chi connectivity index (χ0) is 13.4. The summed E-state index contributed by atoms with van der Waals surface area (Å²) in [5, 5.41) is 8.85. The van der Waals surface area contributed by atoms with Crippen molar-refractivity contribution in [2.45, 2.75) is 51.9 Å². The van der Waals surface area contributed by atoms with E-state index in [1.807, 2.05) is 11.8 Å². The molecule has 0 saturated heterocycles. The van der Waals surface area contributed by atoms with E-state index in [9.17, 15) is 4.79 Å². The number of nitrogens with zero attached hydrogens (tertiary/aromatic N) is 1. The van der Waals surface area contributed by atoms with Gasteiger partial charge in [0, 0.05) is 26.1 Å². The highest BCUT2D eigenvalue weighted by atomic mass is 16.3. The summed E-state index contributed by atoms with van der Waals surface area (Å²) in [6.07, 6.45) is 7.11. The standard InChI is InChI=1S/C14H28N2O2/c1-2-16(9-6-10-17)13(18)11-14(12-15)7-4-3-5-8-14/h17H,2-12,15H2,1H3. The van der Waals surface area contributed by atoms with Crippen molar-refractivity contribution in [2.24, 2.45) is 11.1 Å². The largest absolute Gasteiger partial charge is 0.396 e. The summed E-state index contributed by atoms with van der Waals surface area (Å²) in [6, 6.07) is 0. The third-order valence-electron chi connectivity index (χ3n) is 4.19. The number of amides is 1. The number of rotatable bonds is 7. The molecule has 18 heavy (non-hydrogen) atoms. The molecule has 0 atom stereocenters. The van der Waals surface area contributed by atoms with Crippen molar-refractivity contribution >= 4 is 5.91 Å². The molecule has 1 amide bonds. The molecule has 0 bridgehead atoms. The van der Waals surface area contributed by atoms with Gasteiger partial charge in [-0.3, -0.25) is 4.79 Å². The first kappa shape index (κ1) is 15.4. The van der Waals surface area contributed by atoms with Gasteiger partial charge in [0.05, 0.1) is 0 Å². The zero-order valence-electron chi connectivity index (χ0n) is 11.7. The van der Waals surface area contributed by atoms with Crippen LogP contribution in [0.2, 0.25) is 0 Å². The Morgan fingerprint density at radius 3 is 2.50 bits per heavy atom. The SMILES string of the molecule is CCN(CCCO)C(=O)CC1(CN)CCCCC1. The third-order valence-corrected chi connectivity index (χ3v) is 4.19. The number of hydrogen-bond acceptors (Lipinski definition) is 3. The highest BCUT2D eigenvalue weighted by Crippen LogP contribution is 2.38. The quantitative estimate of drug-likeness (QED) is 0.725. The van der Waals surface area contributed by atoms with Crippen molar-refractivity contribution in [1.82, 2.24) is 4.90 Å². The van der Waals surface area contributed by atoms with E-state index in [2.05, 4.69) is 0 Å². The van der Waals surface area contributed by atoms with Gasteiger partial charge in [0.25, 0.3) is 0 Å². The van der Waals surface area contributed by atoms with Gasteiger partial charge in [0.15, 0.2) is 0 Å². The Morgan fingerprint density at radius 2 is 2.00 bits per heavy atom. The minimum atomic E-state index is 0.0436. The molecule has 4 heteroatoms. The predicted molar refractivity (Wildman–Crippen MR) is 73.1 cm³/mol. The molecule has 3 N–H and O–H groups in total. The molecule has 0 heterocycles. The van der Waals surface area contributed by atoms with Crippen LogP contribution in [-0.4, -0.2) is 42.2 Å². The first-order valence-electron chi connectivity index (χ1n) is 7.26. The Kier molecular flexibility index (Phi) is 6.65. The van der Waals surface area contributed by atoms with E-state index < -0.39 is 0 Å². The van der Waals surface area contributed by atoms with E-state index in [0.29, 0.717) is 25.9 Å². The molecule has 1 aliphatic carbocycles. The maximum atomic E-state index is 12.3. The van der Waals surface area contributed by atoms with Gasteiger partial charge in [-0.1, -0.05) is 19.3 Å². The first-order valence-corrected chi connectivity index (χ1v) is 7.26. The first-order chi connectivity index (χ1) is 8.67. The molecule has 1 saturated carbocycles. The predicted octanol–water partition coefficient (Wildman–Crippen LogP) is 1.52. The molecule has 1 aliphatic rings. The van der Waals surface area contributed by atoms with Crippen LogP contribution in [0.15, 0.2) is 0 Å². The summed E-state index contributed by atoms with van der Waals surface area (Å²) in [7, 11) is 0. The van der Waals surface area contributed by atoms with E-state index in [1.165, 1.54) is 19.3 Å². The van der Waals surface area contributed by atoms with Gasteiger partial charge in [-0.2, -0.15) is 0 Å². The minimum absolute atomic E-state index is 0.0436. The van der Waals surface area contributed by atoms with E-state index in [0.717, 1.165) is 19.4 Å². The van der Waals surface area contributed by atoms with Crippen molar-refractivity contribution in [3.05, 3.63) is 0 Å².